The highest BCUT2D eigenvalue weighted by Crippen LogP contribution is 2.27. The number of ether oxygens (including phenoxy) is 3. The Balaban J connectivity index is 1.65. The lowest BCUT2D eigenvalue weighted by atomic mass is 10.1. The summed E-state index contributed by atoms with van der Waals surface area (Å²) in [6, 6.07) is 12.0. The molecule has 1 heterocycles. The first kappa shape index (κ1) is 18.0. The number of phenolic OH excluding ortho intramolecular Hbond substituents is 1. The van der Waals surface area contributed by atoms with E-state index in [1.54, 1.807) is 25.3 Å². The van der Waals surface area contributed by atoms with Gasteiger partial charge in [-0.05, 0) is 48.7 Å². The Morgan fingerprint density at radius 2 is 1.92 bits per heavy atom. The van der Waals surface area contributed by atoms with E-state index in [0.29, 0.717) is 12.4 Å². The summed E-state index contributed by atoms with van der Waals surface area (Å²) < 4.78 is 16.3. The summed E-state index contributed by atoms with van der Waals surface area (Å²) in [5.74, 6) is 0.857. The number of hydrogen-bond donors (Lipinski definition) is 1. The van der Waals surface area contributed by atoms with E-state index in [0.717, 1.165) is 30.6 Å². The highest BCUT2D eigenvalue weighted by molar-refractivity contribution is 6.08. The molecule has 2 aromatic rings. The fraction of sp³-hybridized carbons (Fsp3) is 0.286. The van der Waals surface area contributed by atoms with Crippen LogP contribution in [0.2, 0.25) is 0 Å². The molecular weight excluding hydrogens is 332 g/mol. The first-order valence-electron chi connectivity index (χ1n) is 8.63. The van der Waals surface area contributed by atoms with Gasteiger partial charge >= 0.3 is 0 Å². The fourth-order valence-corrected chi connectivity index (χ4v) is 2.73. The SMILES string of the molecule is COc1ccc(C=CC(=O)c2ccc(OC3CCCCO3)cc2O)cc1. The van der Waals surface area contributed by atoms with Crippen LogP contribution in [0.15, 0.2) is 48.5 Å². The molecule has 2 aromatic carbocycles. The third-order valence-electron chi connectivity index (χ3n) is 4.18. The lowest BCUT2D eigenvalue weighted by molar-refractivity contribution is -0.105. The molecule has 0 radical (unpaired) electrons. The lowest BCUT2D eigenvalue weighted by Gasteiger charge is -2.23. The molecule has 1 fully saturated rings. The maximum atomic E-state index is 12.3. The van der Waals surface area contributed by atoms with Gasteiger partial charge in [0.25, 0.3) is 0 Å². The summed E-state index contributed by atoms with van der Waals surface area (Å²) in [5.41, 5.74) is 1.10. The Morgan fingerprint density at radius 1 is 1.15 bits per heavy atom. The zero-order valence-corrected chi connectivity index (χ0v) is 14.7. The monoisotopic (exact) mass is 354 g/mol. The number of ketones is 1. The van der Waals surface area contributed by atoms with Gasteiger partial charge in [0.15, 0.2) is 12.1 Å². The van der Waals surface area contributed by atoms with Crippen molar-refractivity contribution in [2.24, 2.45) is 0 Å². The minimum Gasteiger partial charge on any atom is -0.507 e. The summed E-state index contributed by atoms with van der Waals surface area (Å²) in [6.45, 7) is 0.684. The highest BCUT2D eigenvalue weighted by atomic mass is 16.7. The van der Waals surface area contributed by atoms with Crippen LogP contribution in [0.4, 0.5) is 0 Å². The number of carbonyl (C=O) groups is 1. The number of aromatic hydroxyl groups is 1. The van der Waals surface area contributed by atoms with E-state index in [9.17, 15) is 9.90 Å². The normalized spacial score (nSPS) is 17.2. The predicted octanol–water partition coefficient (Wildman–Crippen LogP) is 4.20. The molecule has 5 nitrogen and oxygen atoms in total. The molecule has 0 aromatic heterocycles. The van der Waals surface area contributed by atoms with Crippen LogP contribution in [-0.4, -0.2) is 30.9 Å². The molecule has 3 rings (SSSR count). The van der Waals surface area contributed by atoms with Gasteiger partial charge in [-0.15, -0.1) is 0 Å². The van der Waals surface area contributed by atoms with Crippen molar-refractivity contribution in [1.82, 2.24) is 0 Å². The lowest BCUT2D eigenvalue weighted by Crippen LogP contribution is -2.24. The average molecular weight is 354 g/mol. The highest BCUT2D eigenvalue weighted by Gasteiger charge is 2.16. The van der Waals surface area contributed by atoms with Gasteiger partial charge in [-0.3, -0.25) is 4.79 Å². The van der Waals surface area contributed by atoms with Crippen molar-refractivity contribution in [2.75, 3.05) is 13.7 Å². The van der Waals surface area contributed by atoms with Crippen molar-refractivity contribution >= 4 is 11.9 Å². The third kappa shape index (κ3) is 4.64. The topological polar surface area (TPSA) is 65.0 Å². The van der Waals surface area contributed by atoms with Gasteiger partial charge in [0, 0.05) is 12.5 Å². The quantitative estimate of drug-likeness (QED) is 0.622. The third-order valence-corrected chi connectivity index (χ3v) is 4.18. The molecular formula is C21H22O5. The average Bonchev–Trinajstić information content (AvgIpc) is 2.67. The number of allylic oxidation sites excluding steroid dienone is 1. The van der Waals surface area contributed by atoms with Crippen LogP contribution in [0, 0.1) is 0 Å². The van der Waals surface area contributed by atoms with Gasteiger partial charge in [0.1, 0.15) is 17.2 Å². The van der Waals surface area contributed by atoms with Crippen LogP contribution < -0.4 is 9.47 Å². The standard InChI is InChI=1S/C21H22O5/c1-24-16-8-5-15(6-9-16)7-12-19(22)18-11-10-17(14-20(18)23)26-21-4-2-3-13-25-21/h5-12,14,21,23H,2-4,13H2,1H3. The van der Waals surface area contributed by atoms with E-state index in [4.69, 9.17) is 14.2 Å². The second kappa shape index (κ2) is 8.54. The zero-order valence-electron chi connectivity index (χ0n) is 14.7. The number of rotatable bonds is 6. The molecule has 5 heteroatoms. The second-order valence-electron chi connectivity index (χ2n) is 6.06. The van der Waals surface area contributed by atoms with Crippen LogP contribution in [0.1, 0.15) is 35.2 Å². The van der Waals surface area contributed by atoms with Crippen LogP contribution in [-0.2, 0) is 4.74 Å². The zero-order chi connectivity index (χ0) is 18.4. The van der Waals surface area contributed by atoms with Crippen molar-refractivity contribution in [2.45, 2.75) is 25.6 Å². The molecule has 1 aliphatic heterocycles. The molecule has 136 valence electrons. The van der Waals surface area contributed by atoms with Crippen molar-refractivity contribution in [3.05, 3.63) is 59.7 Å². The maximum absolute atomic E-state index is 12.3. The predicted molar refractivity (Wildman–Crippen MR) is 98.7 cm³/mol. The number of methoxy groups -OCH3 is 1. The van der Waals surface area contributed by atoms with Gasteiger partial charge < -0.3 is 19.3 Å². The minimum atomic E-state index is -0.292. The molecule has 1 saturated heterocycles. The molecule has 1 atom stereocenters. The van der Waals surface area contributed by atoms with Crippen molar-refractivity contribution in [3.8, 4) is 17.2 Å². The van der Waals surface area contributed by atoms with E-state index >= 15 is 0 Å². The van der Waals surface area contributed by atoms with Crippen molar-refractivity contribution in [3.63, 3.8) is 0 Å². The molecule has 0 aliphatic carbocycles. The first-order chi connectivity index (χ1) is 12.7. The number of phenols is 1. The van der Waals surface area contributed by atoms with Crippen LogP contribution in [0.3, 0.4) is 0 Å². The molecule has 1 N–H and O–H groups in total. The van der Waals surface area contributed by atoms with Crippen LogP contribution >= 0.6 is 0 Å². The molecule has 1 aliphatic rings. The second-order valence-corrected chi connectivity index (χ2v) is 6.06. The van der Waals surface area contributed by atoms with Crippen molar-refractivity contribution in [1.29, 1.82) is 0 Å². The largest absolute Gasteiger partial charge is 0.507 e. The van der Waals surface area contributed by atoms with E-state index in [1.807, 2.05) is 24.3 Å². The smallest absolute Gasteiger partial charge is 0.199 e. The minimum absolute atomic E-state index is 0.109. The summed E-state index contributed by atoms with van der Waals surface area (Å²) in [7, 11) is 1.60. The Bertz CT molecular complexity index is 773. The molecule has 0 saturated carbocycles. The van der Waals surface area contributed by atoms with Gasteiger partial charge in [0.05, 0.1) is 19.3 Å². The molecule has 0 spiro atoms. The molecule has 1 unspecified atom stereocenters. The Morgan fingerprint density at radius 3 is 2.58 bits per heavy atom. The first-order valence-corrected chi connectivity index (χ1v) is 8.63. The van der Waals surface area contributed by atoms with Gasteiger partial charge in [-0.2, -0.15) is 0 Å². The van der Waals surface area contributed by atoms with E-state index < -0.39 is 0 Å². The summed E-state index contributed by atoms with van der Waals surface area (Å²) in [6.07, 6.45) is 5.76. The van der Waals surface area contributed by atoms with Crippen LogP contribution in [0.5, 0.6) is 17.2 Å². The van der Waals surface area contributed by atoms with E-state index in [1.165, 1.54) is 12.1 Å². The summed E-state index contributed by atoms with van der Waals surface area (Å²) in [4.78, 5) is 12.3. The van der Waals surface area contributed by atoms with Gasteiger partial charge in [-0.25, -0.2) is 0 Å². The number of hydrogen-bond acceptors (Lipinski definition) is 5. The Labute approximate surface area is 152 Å². The van der Waals surface area contributed by atoms with Crippen LogP contribution in [0.25, 0.3) is 6.08 Å². The fourth-order valence-electron chi connectivity index (χ4n) is 2.73. The Kier molecular flexibility index (Phi) is 5.92. The summed E-state index contributed by atoms with van der Waals surface area (Å²) >= 11 is 0. The summed E-state index contributed by atoms with van der Waals surface area (Å²) in [5, 5.41) is 10.2. The maximum Gasteiger partial charge on any atom is 0.199 e. The number of carbonyl (C=O) groups excluding carboxylic acids is 1. The Hall–Kier alpha value is -2.79. The molecule has 0 amide bonds. The molecule has 0 bridgehead atoms. The van der Waals surface area contributed by atoms with E-state index in [2.05, 4.69) is 0 Å². The van der Waals surface area contributed by atoms with Gasteiger partial charge in [0.2, 0.25) is 0 Å². The number of benzene rings is 2. The van der Waals surface area contributed by atoms with Gasteiger partial charge in [-0.1, -0.05) is 18.2 Å². The van der Waals surface area contributed by atoms with Crippen molar-refractivity contribution < 1.29 is 24.1 Å². The van der Waals surface area contributed by atoms with E-state index in [-0.39, 0.29) is 23.4 Å². The molecule has 26 heavy (non-hydrogen) atoms.